The zero-order valence-electron chi connectivity index (χ0n) is 11.0. The van der Waals surface area contributed by atoms with Crippen molar-refractivity contribution in [3.63, 3.8) is 0 Å². The van der Waals surface area contributed by atoms with Gasteiger partial charge in [-0.2, -0.15) is 0 Å². The number of hydrogen-bond acceptors (Lipinski definition) is 1. The van der Waals surface area contributed by atoms with E-state index < -0.39 is 0 Å². The molecule has 1 aliphatic carbocycles. The van der Waals surface area contributed by atoms with E-state index in [0.717, 1.165) is 20.8 Å². The molecule has 1 unspecified atom stereocenters. The maximum atomic E-state index is 3.59. The van der Waals surface area contributed by atoms with E-state index in [2.05, 4.69) is 69.3 Å². The molecule has 0 radical (unpaired) electrons. The van der Waals surface area contributed by atoms with Crippen LogP contribution in [0.5, 0.6) is 0 Å². The van der Waals surface area contributed by atoms with Gasteiger partial charge in [-0.25, -0.2) is 0 Å². The molecule has 1 fully saturated rings. The number of hydrogen-bond donors (Lipinski definition) is 1. The first-order valence-electron chi connectivity index (χ1n) is 6.73. The van der Waals surface area contributed by atoms with Gasteiger partial charge in [-0.05, 0) is 55.5 Å². The van der Waals surface area contributed by atoms with Gasteiger partial charge in [0.2, 0.25) is 0 Å². The molecule has 100 valence electrons. The summed E-state index contributed by atoms with van der Waals surface area (Å²) >= 11 is 7.17. The van der Waals surface area contributed by atoms with Crippen LogP contribution >= 0.6 is 31.9 Å². The minimum Gasteiger partial charge on any atom is -0.313 e. The summed E-state index contributed by atoms with van der Waals surface area (Å²) in [6, 6.07) is 7.05. The first kappa shape index (κ1) is 14.5. The van der Waals surface area contributed by atoms with Crippen molar-refractivity contribution < 1.29 is 0 Å². The molecule has 3 heteroatoms. The Labute approximate surface area is 127 Å². The van der Waals surface area contributed by atoms with Crippen molar-refractivity contribution in [1.29, 1.82) is 0 Å². The molecule has 1 saturated carbocycles. The van der Waals surface area contributed by atoms with Crippen LogP contribution in [0, 0.1) is 11.8 Å². The summed E-state index contributed by atoms with van der Waals surface area (Å²) in [7, 11) is 2.08. The van der Waals surface area contributed by atoms with E-state index in [9.17, 15) is 0 Å². The Hall–Kier alpha value is 0.140. The molecule has 0 aliphatic heterocycles. The van der Waals surface area contributed by atoms with E-state index in [4.69, 9.17) is 0 Å². The third kappa shape index (κ3) is 3.58. The maximum Gasteiger partial charge on any atom is 0.0346 e. The van der Waals surface area contributed by atoms with Gasteiger partial charge in [0.05, 0.1) is 0 Å². The third-order valence-corrected chi connectivity index (χ3v) is 5.00. The van der Waals surface area contributed by atoms with Crippen LogP contribution < -0.4 is 5.32 Å². The quantitative estimate of drug-likeness (QED) is 0.756. The van der Waals surface area contributed by atoms with E-state index in [1.54, 1.807) is 0 Å². The molecule has 18 heavy (non-hydrogen) atoms. The Morgan fingerprint density at radius 1 is 1.06 bits per heavy atom. The predicted molar refractivity (Wildman–Crippen MR) is 84.8 cm³/mol. The summed E-state index contributed by atoms with van der Waals surface area (Å²) in [5.74, 6) is 1.68. The van der Waals surface area contributed by atoms with Crippen molar-refractivity contribution in [1.82, 2.24) is 5.32 Å². The fourth-order valence-electron chi connectivity index (χ4n) is 3.05. The second kappa shape index (κ2) is 6.53. The highest BCUT2D eigenvalue weighted by Crippen LogP contribution is 2.37. The number of halogens is 2. The van der Waals surface area contributed by atoms with Gasteiger partial charge in [0.1, 0.15) is 0 Å². The van der Waals surface area contributed by atoms with E-state index in [1.807, 2.05) is 0 Å². The summed E-state index contributed by atoms with van der Waals surface area (Å²) in [6.07, 6.45) is 5.43. The molecule has 1 aromatic rings. The minimum absolute atomic E-state index is 0.478. The lowest BCUT2D eigenvalue weighted by atomic mass is 9.77. The van der Waals surface area contributed by atoms with E-state index in [0.29, 0.717) is 6.04 Å². The van der Waals surface area contributed by atoms with Crippen LogP contribution in [0.2, 0.25) is 0 Å². The Balaban J connectivity index is 2.17. The Bertz CT molecular complexity index is 377. The summed E-state index contributed by atoms with van der Waals surface area (Å²) in [6.45, 7) is 2.38. The molecular weight excluding hydrogens is 354 g/mol. The number of rotatable bonds is 3. The molecule has 0 spiro atoms. The second-order valence-electron chi connectivity index (χ2n) is 5.49. The highest BCUT2D eigenvalue weighted by Gasteiger charge is 2.26. The lowest BCUT2D eigenvalue weighted by Gasteiger charge is -2.33. The molecule has 1 atom stereocenters. The molecule has 1 aromatic carbocycles. The number of benzene rings is 1. The molecule has 0 saturated heterocycles. The normalized spacial score (nSPS) is 26.0. The Kier molecular flexibility index (Phi) is 5.28. The molecule has 0 bridgehead atoms. The van der Waals surface area contributed by atoms with Crippen LogP contribution in [0.3, 0.4) is 0 Å². The zero-order chi connectivity index (χ0) is 13.1. The topological polar surface area (TPSA) is 12.0 Å². The van der Waals surface area contributed by atoms with Crippen molar-refractivity contribution in [3.05, 3.63) is 32.7 Å². The van der Waals surface area contributed by atoms with Crippen LogP contribution in [-0.4, -0.2) is 7.05 Å². The van der Waals surface area contributed by atoms with Gasteiger partial charge in [-0.3, -0.25) is 0 Å². The van der Waals surface area contributed by atoms with Gasteiger partial charge in [0.15, 0.2) is 0 Å². The highest BCUT2D eigenvalue weighted by atomic mass is 79.9. The van der Waals surface area contributed by atoms with Gasteiger partial charge < -0.3 is 5.32 Å². The maximum absolute atomic E-state index is 3.59. The third-order valence-electron chi connectivity index (χ3n) is 4.09. The minimum atomic E-state index is 0.478. The second-order valence-corrected chi connectivity index (χ2v) is 7.32. The molecular formula is C15H21Br2N. The summed E-state index contributed by atoms with van der Waals surface area (Å²) in [4.78, 5) is 0. The van der Waals surface area contributed by atoms with Gasteiger partial charge in [0.25, 0.3) is 0 Å². The fraction of sp³-hybridized carbons (Fsp3) is 0.600. The molecule has 0 heterocycles. The van der Waals surface area contributed by atoms with E-state index in [-0.39, 0.29) is 0 Å². The number of nitrogens with one attached hydrogen (secondary N) is 1. The monoisotopic (exact) mass is 373 g/mol. The highest BCUT2D eigenvalue weighted by molar-refractivity contribution is 9.11. The van der Waals surface area contributed by atoms with Crippen molar-refractivity contribution in [3.8, 4) is 0 Å². The van der Waals surface area contributed by atoms with Crippen molar-refractivity contribution >= 4 is 31.9 Å². The summed E-state index contributed by atoms with van der Waals surface area (Å²) in [5, 5.41) is 3.52. The van der Waals surface area contributed by atoms with Crippen molar-refractivity contribution in [2.24, 2.45) is 11.8 Å². The molecule has 2 rings (SSSR count). The van der Waals surface area contributed by atoms with Crippen LogP contribution in [-0.2, 0) is 0 Å². The van der Waals surface area contributed by atoms with E-state index >= 15 is 0 Å². The zero-order valence-corrected chi connectivity index (χ0v) is 14.2. The molecule has 1 N–H and O–H groups in total. The van der Waals surface area contributed by atoms with Crippen LogP contribution in [0.4, 0.5) is 0 Å². The molecule has 0 amide bonds. The summed E-state index contributed by atoms with van der Waals surface area (Å²) < 4.78 is 2.30. The summed E-state index contributed by atoms with van der Waals surface area (Å²) in [5.41, 5.74) is 1.39. The average Bonchev–Trinajstić information content (AvgIpc) is 2.31. The standard InChI is InChI=1S/C15H21Br2N/c1-10-3-5-11(6-4-10)15(18-2)12-7-13(16)9-14(17)8-12/h7-11,15,18H,3-6H2,1-2H3. The van der Waals surface area contributed by atoms with Gasteiger partial charge >= 0.3 is 0 Å². The molecule has 1 aliphatic rings. The molecule has 1 nitrogen and oxygen atoms in total. The molecule has 0 aromatic heterocycles. The van der Waals surface area contributed by atoms with Crippen LogP contribution in [0.25, 0.3) is 0 Å². The SMILES string of the molecule is CNC(c1cc(Br)cc(Br)c1)C1CCC(C)CC1. The van der Waals surface area contributed by atoms with Gasteiger partial charge in [0, 0.05) is 15.0 Å². The van der Waals surface area contributed by atoms with Gasteiger partial charge in [-0.15, -0.1) is 0 Å². The van der Waals surface area contributed by atoms with Crippen molar-refractivity contribution in [2.45, 2.75) is 38.6 Å². The van der Waals surface area contributed by atoms with Crippen LogP contribution in [0.15, 0.2) is 27.1 Å². The smallest absolute Gasteiger partial charge is 0.0346 e. The first-order chi connectivity index (χ1) is 8.60. The van der Waals surface area contributed by atoms with Crippen LogP contribution in [0.1, 0.15) is 44.2 Å². The Morgan fingerprint density at radius 2 is 1.61 bits per heavy atom. The predicted octanol–water partition coefficient (Wildman–Crippen LogP) is 5.30. The van der Waals surface area contributed by atoms with E-state index in [1.165, 1.54) is 31.2 Å². The average molecular weight is 375 g/mol. The largest absolute Gasteiger partial charge is 0.313 e. The van der Waals surface area contributed by atoms with Crippen molar-refractivity contribution in [2.75, 3.05) is 7.05 Å². The first-order valence-corrected chi connectivity index (χ1v) is 8.32. The fourth-order valence-corrected chi connectivity index (χ4v) is 4.38. The lowest BCUT2D eigenvalue weighted by molar-refractivity contribution is 0.238. The lowest BCUT2D eigenvalue weighted by Crippen LogP contribution is -2.28. The van der Waals surface area contributed by atoms with Gasteiger partial charge in [-0.1, -0.05) is 51.6 Å². The Morgan fingerprint density at radius 3 is 2.11 bits per heavy atom.